The minimum Gasteiger partial charge on any atom is -0.399 e. The van der Waals surface area contributed by atoms with Gasteiger partial charge in [0.25, 0.3) is 0 Å². The van der Waals surface area contributed by atoms with E-state index in [4.69, 9.17) is 10.5 Å². The van der Waals surface area contributed by atoms with E-state index in [0.29, 0.717) is 37.7 Å². The number of hydrogen-bond donors (Lipinski definition) is 2. The van der Waals surface area contributed by atoms with Gasteiger partial charge in [-0.3, -0.25) is 4.72 Å². The van der Waals surface area contributed by atoms with Crippen LogP contribution in [-0.2, 0) is 14.9 Å². The summed E-state index contributed by atoms with van der Waals surface area (Å²) in [4.78, 5) is 0. The molecule has 1 aliphatic heterocycles. The van der Waals surface area contributed by atoms with Crippen LogP contribution >= 0.6 is 0 Å². The van der Waals surface area contributed by atoms with Crippen molar-refractivity contribution in [3.8, 4) is 0 Å². The van der Waals surface area contributed by atoms with Gasteiger partial charge < -0.3 is 10.5 Å². The summed E-state index contributed by atoms with van der Waals surface area (Å²) in [7, 11) is -3.51. The first-order valence-electron chi connectivity index (χ1n) is 5.29. The molecule has 1 aliphatic rings. The van der Waals surface area contributed by atoms with Crippen LogP contribution in [0.25, 0.3) is 0 Å². The number of anilines is 2. The molecule has 0 saturated carbocycles. The number of nitrogens with two attached hydrogens (primary N) is 1. The molecule has 0 bridgehead atoms. The summed E-state index contributed by atoms with van der Waals surface area (Å²) in [6.07, 6.45) is 0. The SMILES string of the molecule is Nc1cccc(NS(=O)(=O)N2CCOCC2)c1. The molecule has 0 unspecified atom stereocenters. The summed E-state index contributed by atoms with van der Waals surface area (Å²) < 4.78 is 32.9. The number of nitrogens with one attached hydrogen (secondary N) is 1. The highest BCUT2D eigenvalue weighted by atomic mass is 32.2. The van der Waals surface area contributed by atoms with E-state index < -0.39 is 10.2 Å². The average Bonchev–Trinajstić information content (AvgIpc) is 2.29. The van der Waals surface area contributed by atoms with Crippen LogP contribution in [0.1, 0.15) is 0 Å². The molecule has 1 aromatic rings. The lowest BCUT2D eigenvalue weighted by atomic mass is 10.3. The quantitative estimate of drug-likeness (QED) is 0.761. The van der Waals surface area contributed by atoms with Gasteiger partial charge in [0.2, 0.25) is 0 Å². The second-order valence-electron chi connectivity index (χ2n) is 3.74. The van der Waals surface area contributed by atoms with E-state index in [9.17, 15) is 8.42 Å². The fraction of sp³-hybridized carbons (Fsp3) is 0.400. The molecule has 0 atom stereocenters. The van der Waals surface area contributed by atoms with Gasteiger partial charge in [-0.2, -0.15) is 12.7 Å². The summed E-state index contributed by atoms with van der Waals surface area (Å²) >= 11 is 0. The molecule has 1 heterocycles. The normalized spacial score (nSPS) is 17.9. The molecule has 3 N–H and O–H groups in total. The molecule has 6 nitrogen and oxygen atoms in total. The molecule has 0 aliphatic carbocycles. The molecular weight excluding hydrogens is 242 g/mol. The van der Waals surface area contributed by atoms with Crippen molar-refractivity contribution >= 4 is 21.6 Å². The van der Waals surface area contributed by atoms with Crippen LogP contribution in [0.4, 0.5) is 11.4 Å². The summed E-state index contributed by atoms with van der Waals surface area (Å²) in [5.74, 6) is 0. The summed E-state index contributed by atoms with van der Waals surface area (Å²) in [6.45, 7) is 1.60. The van der Waals surface area contributed by atoms with Gasteiger partial charge in [-0.15, -0.1) is 0 Å². The van der Waals surface area contributed by atoms with Gasteiger partial charge in [0.15, 0.2) is 0 Å². The third-order valence-corrected chi connectivity index (χ3v) is 3.98. The van der Waals surface area contributed by atoms with Crippen molar-refractivity contribution in [2.24, 2.45) is 0 Å². The summed E-state index contributed by atoms with van der Waals surface area (Å²) in [6, 6.07) is 6.64. The molecule has 2 rings (SSSR count). The first-order chi connectivity index (χ1) is 8.08. The fourth-order valence-electron chi connectivity index (χ4n) is 1.60. The van der Waals surface area contributed by atoms with E-state index in [0.717, 1.165) is 0 Å². The third-order valence-electron chi connectivity index (χ3n) is 2.44. The summed E-state index contributed by atoms with van der Waals surface area (Å²) in [5.41, 5.74) is 6.58. The van der Waals surface area contributed by atoms with Crippen LogP contribution in [0.15, 0.2) is 24.3 Å². The molecule has 94 valence electrons. The second kappa shape index (κ2) is 4.91. The largest absolute Gasteiger partial charge is 0.399 e. The molecule has 0 aromatic heterocycles. The lowest BCUT2D eigenvalue weighted by Gasteiger charge is -2.26. The highest BCUT2D eigenvalue weighted by Crippen LogP contribution is 2.15. The topological polar surface area (TPSA) is 84.7 Å². The Hall–Kier alpha value is -1.31. The fourth-order valence-corrected chi connectivity index (χ4v) is 2.79. The van der Waals surface area contributed by atoms with Gasteiger partial charge in [0.05, 0.1) is 18.9 Å². The number of nitrogens with zero attached hydrogens (tertiary/aromatic N) is 1. The van der Waals surface area contributed by atoms with Crippen LogP contribution in [0, 0.1) is 0 Å². The maximum Gasteiger partial charge on any atom is 0.301 e. The minimum atomic E-state index is -3.51. The highest BCUT2D eigenvalue weighted by Gasteiger charge is 2.23. The van der Waals surface area contributed by atoms with Gasteiger partial charge in [0.1, 0.15) is 0 Å². The van der Waals surface area contributed by atoms with E-state index >= 15 is 0 Å². The lowest BCUT2D eigenvalue weighted by Crippen LogP contribution is -2.43. The van der Waals surface area contributed by atoms with Crippen LogP contribution in [0.2, 0.25) is 0 Å². The van der Waals surface area contributed by atoms with Crippen molar-refractivity contribution in [1.82, 2.24) is 4.31 Å². The molecule has 1 fully saturated rings. The Morgan fingerprint density at radius 1 is 1.29 bits per heavy atom. The first-order valence-corrected chi connectivity index (χ1v) is 6.73. The monoisotopic (exact) mass is 257 g/mol. The van der Waals surface area contributed by atoms with Crippen LogP contribution in [0.3, 0.4) is 0 Å². The molecule has 17 heavy (non-hydrogen) atoms. The Bertz CT molecular complexity index is 483. The Kier molecular flexibility index (Phi) is 3.51. The van der Waals surface area contributed by atoms with Crippen molar-refractivity contribution in [2.45, 2.75) is 0 Å². The van der Waals surface area contributed by atoms with Crippen molar-refractivity contribution < 1.29 is 13.2 Å². The number of rotatable bonds is 3. The predicted molar refractivity (Wildman–Crippen MR) is 65.8 cm³/mol. The van der Waals surface area contributed by atoms with Crippen LogP contribution < -0.4 is 10.5 Å². The van der Waals surface area contributed by atoms with Crippen molar-refractivity contribution in [1.29, 1.82) is 0 Å². The number of morpholine rings is 1. The number of ether oxygens (including phenoxy) is 1. The van der Waals surface area contributed by atoms with Gasteiger partial charge in [-0.05, 0) is 18.2 Å². The first kappa shape index (κ1) is 12.2. The smallest absolute Gasteiger partial charge is 0.301 e. The molecule has 1 saturated heterocycles. The van der Waals surface area contributed by atoms with Crippen LogP contribution in [0.5, 0.6) is 0 Å². The Morgan fingerprint density at radius 2 is 2.00 bits per heavy atom. The second-order valence-corrected chi connectivity index (χ2v) is 5.41. The number of nitrogen functional groups attached to an aromatic ring is 1. The molecule has 0 amide bonds. The zero-order chi connectivity index (χ0) is 12.3. The lowest BCUT2D eigenvalue weighted by molar-refractivity contribution is 0.0733. The zero-order valence-corrected chi connectivity index (χ0v) is 10.1. The van der Waals surface area contributed by atoms with Crippen LogP contribution in [-0.4, -0.2) is 39.0 Å². The molecule has 1 aromatic carbocycles. The average molecular weight is 257 g/mol. The van der Waals surface area contributed by atoms with Crippen molar-refractivity contribution in [3.63, 3.8) is 0 Å². The maximum atomic E-state index is 12.0. The van der Waals surface area contributed by atoms with Gasteiger partial charge in [-0.25, -0.2) is 0 Å². The van der Waals surface area contributed by atoms with Crippen molar-refractivity contribution in [3.05, 3.63) is 24.3 Å². The van der Waals surface area contributed by atoms with Gasteiger partial charge >= 0.3 is 10.2 Å². The van der Waals surface area contributed by atoms with E-state index in [1.165, 1.54) is 4.31 Å². The Labute approximate surface area is 101 Å². The third kappa shape index (κ3) is 3.09. The Balaban J connectivity index is 2.11. The standard InChI is InChI=1S/C10H15N3O3S/c11-9-2-1-3-10(8-9)12-17(14,15)13-4-6-16-7-5-13/h1-3,8,12H,4-7,11H2. The minimum absolute atomic E-state index is 0.373. The zero-order valence-electron chi connectivity index (χ0n) is 9.30. The number of benzene rings is 1. The van der Waals surface area contributed by atoms with Crippen molar-refractivity contribution in [2.75, 3.05) is 36.8 Å². The molecule has 0 radical (unpaired) electrons. The predicted octanol–water partition coefficient (Wildman–Crippen LogP) is 0.258. The van der Waals surface area contributed by atoms with Gasteiger partial charge in [0, 0.05) is 18.8 Å². The van der Waals surface area contributed by atoms with E-state index in [2.05, 4.69) is 4.72 Å². The molecule has 0 spiro atoms. The summed E-state index contributed by atoms with van der Waals surface area (Å²) in [5, 5.41) is 0. The highest BCUT2D eigenvalue weighted by molar-refractivity contribution is 7.90. The molecular formula is C10H15N3O3S. The van der Waals surface area contributed by atoms with E-state index in [-0.39, 0.29) is 0 Å². The Morgan fingerprint density at radius 3 is 2.65 bits per heavy atom. The number of hydrogen-bond acceptors (Lipinski definition) is 4. The maximum absolute atomic E-state index is 12.0. The van der Waals surface area contributed by atoms with E-state index in [1.54, 1.807) is 24.3 Å². The molecule has 7 heteroatoms. The van der Waals surface area contributed by atoms with Gasteiger partial charge in [-0.1, -0.05) is 6.07 Å². The van der Waals surface area contributed by atoms with E-state index in [1.807, 2.05) is 0 Å².